The predicted octanol–water partition coefficient (Wildman–Crippen LogP) is 3.74. The van der Waals surface area contributed by atoms with Crippen LogP contribution in [0.1, 0.15) is 18.0 Å². The molecule has 1 amide bonds. The second-order valence-corrected chi connectivity index (χ2v) is 9.80. The third-order valence-corrected chi connectivity index (χ3v) is 6.91. The minimum atomic E-state index is -3.08. The van der Waals surface area contributed by atoms with Crippen molar-refractivity contribution in [3.05, 3.63) is 71.2 Å². The summed E-state index contributed by atoms with van der Waals surface area (Å²) in [6.07, 6.45) is 0.671. The number of nitrogens with zero attached hydrogens (tertiary/aromatic N) is 2. The molecule has 2 aromatic carbocycles. The molecule has 1 fully saturated rings. The van der Waals surface area contributed by atoms with Gasteiger partial charge in [0.1, 0.15) is 5.82 Å². The SMILES string of the molecule is O=C(Cc1ccc(Cl)cc1)Nc1cc(-c2ccccc2)nn1[C@@H]1CCS(=O)(=O)C1. The number of hydrogen-bond donors (Lipinski definition) is 1. The zero-order chi connectivity index (χ0) is 20.4. The van der Waals surface area contributed by atoms with Crippen LogP contribution in [-0.4, -0.2) is 35.6 Å². The van der Waals surface area contributed by atoms with Crippen molar-refractivity contribution < 1.29 is 13.2 Å². The summed E-state index contributed by atoms with van der Waals surface area (Å²) in [5, 5.41) is 8.13. The van der Waals surface area contributed by atoms with E-state index in [2.05, 4.69) is 10.4 Å². The molecule has 29 heavy (non-hydrogen) atoms. The van der Waals surface area contributed by atoms with Crippen LogP contribution in [0.4, 0.5) is 5.82 Å². The molecular formula is C21H20ClN3O3S. The Bertz CT molecular complexity index is 1130. The van der Waals surface area contributed by atoms with Crippen LogP contribution >= 0.6 is 11.6 Å². The second kappa shape index (κ2) is 8.00. The van der Waals surface area contributed by atoms with E-state index < -0.39 is 9.84 Å². The maximum Gasteiger partial charge on any atom is 0.229 e. The Balaban J connectivity index is 1.61. The molecule has 1 saturated heterocycles. The van der Waals surface area contributed by atoms with Crippen LogP contribution in [0.15, 0.2) is 60.7 Å². The summed E-state index contributed by atoms with van der Waals surface area (Å²) in [5.41, 5.74) is 2.43. The first-order valence-corrected chi connectivity index (χ1v) is 11.5. The molecular weight excluding hydrogens is 410 g/mol. The first kappa shape index (κ1) is 19.7. The van der Waals surface area contributed by atoms with Crippen molar-refractivity contribution in [1.29, 1.82) is 0 Å². The summed E-state index contributed by atoms with van der Waals surface area (Å²) in [6.45, 7) is 0. The van der Waals surface area contributed by atoms with Gasteiger partial charge in [-0.25, -0.2) is 13.1 Å². The topological polar surface area (TPSA) is 81.1 Å². The summed E-state index contributed by atoms with van der Waals surface area (Å²) in [6, 6.07) is 18.2. The van der Waals surface area contributed by atoms with Crippen LogP contribution in [-0.2, 0) is 21.1 Å². The highest BCUT2D eigenvalue weighted by Crippen LogP contribution is 2.30. The summed E-state index contributed by atoms with van der Waals surface area (Å²) >= 11 is 5.89. The van der Waals surface area contributed by atoms with E-state index in [4.69, 9.17) is 11.6 Å². The summed E-state index contributed by atoms with van der Waals surface area (Å²) in [7, 11) is -3.08. The van der Waals surface area contributed by atoms with Crippen molar-refractivity contribution in [3.8, 4) is 11.3 Å². The van der Waals surface area contributed by atoms with Gasteiger partial charge in [-0.2, -0.15) is 5.10 Å². The number of carbonyl (C=O) groups excluding carboxylic acids is 1. The van der Waals surface area contributed by atoms with Gasteiger partial charge in [-0.3, -0.25) is 4.79 Å². The van der Waals surface area contributed by atoms with Crippen LogP contribution in [0.25, 0.3) is 11.3 Å². The van der Waals surface area contributed by atoms with Gasteiger partial charge in [-0.1, -0.05) is 54.1 Å². The lowest BCUT2D eigenvalue weighted by Gasteiger charge is -2.13. The highest BCUT2D eigenvalue weighted by Gasteiger charge is 2.31. The lowest BCUT2D eigenvalue weighted by atomic mass is 10.1. The standard InChI is InChI=1S/C21H20ClN3O3S/c22-17-8-6-15(7-9-17)12-21(26)23-20-13-19(16-4-2-1-3-5-16)24-25(20)18-10-11-29(27,28)14-18/h1-9,13,18H,10-12,14H2,(H,23,26)/t18-/m1/s1. The van der Waals surface area contributed by atoms with E-state index in [-0.39, 0.29) is 29.9 Å². The van der Waals surface area contributed by atoms with E-state index in [1.807, 2.05) is 30.3 Å². The molecule has 4 rings (SSSR count). The maximum absolute atomic E-state index is 12.6. The molecule has 0 bridgehead atoms. The number of anilines is 1. The van der Waals surface area contributed by atoms with Gasteiger partial charge < -0.3 is 5.32 Å². The second-order valence-electron chi connectivity index (χ2n) is 7.13. The van der Waals surface area contributed by atoms with Crippen molar-refractivity contribution in [2.24, 2.45) is 0 Å². The molecule has 3 aromatic rings. The minimum absolute atomic E-state index is 0.0307. The van der Waals surface area contributed by atoms with E-state index in [9.17, 15) is 13.2 Å². The van der Waals surface area contributed by atoms with E-state index in [0.717, 1.165) is 11.1 Å². The summed E-state index contributed by atoms with van der Waals surface area (Å²) in [5.74, 6) is 0.470. The number of nitrogens with one attached hydrogen (secondary N) is 1. The first-order valence-electron chi connectivity index (χ1n) is 9.29. The molecule has 1 N–H and O–H groups in total. The molecule has 1 aromatic heterocycles. The summed E-state index contributed by atoms with van der Waals surface area (Å²) in [4.78, 5) is 12.6. The van der Waals surface area contributed by atoms with Crippen LogP contribution in [0.5, 0.6) is 0 Å². The monoisotopic (exact) mass is 429 g/mol. The molecule has 0 aliphatic carbocycles. The fourth-order valence-electron chi connectivity index (χ4n) is 3.46. The molecule has 0 radical (unpaired) electrons. The smallest absolute Gasteiger partial charge is 0.229 e. The van der Waals surface area contributed by atoms with Crippen molar-refractivity contribution in [1.82, 2.24) is 9.78 Å². The molecule has 1 aliphatic rings. The minimum Gasteiger partial charge on any atom is -0.311 e. The average Bonchev–Trinajstić information content (AvgIpc) is 3.27. The van der Waals surface area contributed by atoms with E-state index in [1.54, 1.807) is 35.0 Å². The Kier molecular flexibility index (Phi) is 5.43. The van der Waals surface area contributed by atoms with Crippen molar-refractivity contribution in [2.45, 2.75) is 18.9 Å². The zero-order valence-electron chi connectivity index (χ0n) is 15.6. The zero-order valence-corrected chi connectivity index (χ0v) is 17.2. The largest absolute Gasteiger partial charge is 0.311 e. The number of benzene rings is 2. The average molecular weight is 430 g/mol. The molecule has 6 nitrogen and oxygen atoms in total. The van der Waals surface area contributed by atoms with Gasteiger partial charge in [0.2, 0.25) is 5.91 Å². The van der Waals surface area contributed by atoms with Gasteiger partial charge in [-0.05, 0) is 24.1 Å². The van der Waals surface area contributed by atoms with E-state index >= 15 is 0 Å². The third-order valence-electron chi connectivity index (χ3n) is 4.90. The molecule has 2 heterocycles. The molecule has 1 atom stereocenters. The Morgan fingerprint density at radius 2 is 1.86 bits per heavy atom. The van der Waals surface area contributed by atoms with Crippen molar-refractivity contribution >= 4 is 33.2 Å². The highest BCUT2D eigenvalue weighted by atomic mass is 35.5. The molecule has 8 heteroatoms. The number of halogens is 1. The number of amides is 1. The van der Waals surface area contributed by atoms with Crippen LogP contribution in [0.2, 0.25) is 5.02 Å². The fourth-order valence-corrected chi connectivity index (χ4v) is 5.28. The maximum atomic E-state index is 12.6. The lowest BCUT2D eigenvalue weighted by Crippen LogP contribution is -2.20. The number of sulfone groups is 1. The summed E-state index contributed by atoms with van der Waals surface area (Å²) < 4.78 is 25.6. The third kappa shape index (κ3) is 4.68. The first-order chi connectivity index (χ1) is 13.9. The number of hydrogen-bond acceptors (Lipinski definition) is 4. The van der Waals surface area contributed by atoms with E-state index in [0.29, 0.717) is 23.0 Å². The molecule has 0 unspecified atom stereocenters. The van der Waals surface area contributed by atoms with Crippen molar-refractivity contribution in [3.63, 3.8) is 0 Å². The van der Waals surface area contributed by atoms with Gasteiger partial charge in [0.15, 0.2) is 9.84 Å². The Morgan fingerprint density at radius 1 is 1.14 bits per heavy atom. The number of carbonyl (C=O) groups is 1. The Morgan fingerprint density at radius 3 is 2.52 bits per heavy atom. The van der Waals surface area contributed by atoms with Crippen LogP contribution in [0.3, 0.4) is 0 Å². The quantitative estimate of drug-likeness (QED) is 0.669. The van der Waals surface area contributed by atoms with Crippen LogP contribution < -0.4 is 5.32 Å². The van der Waals surface area contributed by atoms with Gasteiger partial charge in [0.05, 0.1) is 29.7 Å². The Hall–Kier alpha value is -2.64. The van der Waals surface area contributed by atoms with Gasteiger partial charge in [0, 0.05) is 16.7 Å². The lowest BCUT2D eigenvalue weighted by molar-refractivity contribution is -0.115. The molecule has 0 saturated carbocycles. The number of rotatable bonds is 5. The highest BCUT2D eigenvalue weighted by molar-refractivity contribution is 7.91. The van der Waals surface area contributed by atoms with Gasteiger partial charge in [-0.15, -0.1) is 0 Å². The molecule has 0 spiro atoms. The Labute approximate surface area is 174 Å². The predicted molar refractivity (Wildman–Crippen MR) is 114 cm³/mol. The van der Waals surface area contributed by atoms with E-state index in [1.165, 1.54) is 0 Å². The normalized spacial score (nSPS) is 17.9. The molecule has 1 aliphatic heterocycles. The molecule has 150 valence electrons. The van der Waals surface area contributed by atoms with Crippen LogP contribution in [0, 0.1) is 0 Å². The number of aromatic nitrogens is 2. The fraction of sp³-hybridized carbons (Fsp3) is 0.238. The van der Waals surface area contributed by atoms with Crippen molar-refractivity contribution in [2.75, 3.05) is 16.8 Å². The van der Waals surface area contributed by atoms with Gasteiger partial charge in [0.25, 0.3) is 0 Å². The van der Waals surface area contributed by atoms with Gasteiger partial charge >= 0.3 is 0 Å².